The van der Waals surface area contributed by atoms with Crippen LogP contribution < -0.4 is 10.2 Å². The monoisotopic (exact) mass is 935 g/mol. The molecule has 0 heterocycles. The number of phosphoric ester groups is 1. The van der Waals surface area contributed by atoms with Crippen molar-refractivity contribution in [3.8, 4) is 0 Å². The van der Waals surface area contributed by atoms with E-state index in [9.17, 15) is 19.4 Å². The van der Waals surface area contributed by atoms with Gasteiger partial charge in [-0.1, -0.05) is 236 Å². The Kier molecular flexibility index (Phi) is 46.4. The number of carbonyl (C=O) groups excluding carboxylic acids is 1. The average Bonchev–Trinajstić information content (AvgIpc) is 3.26. The number of hydrogen-bond acceptors (Lipinski definition) is 6. The summed E-state index contributed by atoms with van der Waals surface area (Å²) in [7, 11) is 1.25. The lowest BCUT2D eigenvalue weighted by Gasteiger charge is -2.29. The van der Waals surface area contributed by atoms with E-state index in [4.69, 9.17) is 9.05 Å². The van der Waals surface area contributed by atoms with Crippen molar-refractivity contribution in [2.45, 2.75) is 264 Å². The Bertz CT molecular complexity index is 1200. The molecule has 0 radical (unpaired) electrons. The molecule has 0 spiro atoms. The highest BCUT2D eigenvalue weighted by Gasteiger charge is 2.23. The lowest BCUT2D eigenvalue weighted by atomic mass is 10.0. The Morgan fingerprint density at radius 1 is 0.538 bits per heavy atom. The lowest BCUT2D eigenvalue weighted by Crippen LogP contribution is -2.45. The summed E-state index contributed by atoms with van der Waals surface area (Å²) >= 11 is 0. The number of phosphoric acid groups is 1. The van der Waals surface area contributed by atoms with Crippen LogP contribution in [-0.4, -0.2) is 68.5 Å². The zero-order chi connectivity index (χ0) is 47.8. The maximum absolute atomic E-state index is 12.9. The van der Waals surface area contributed by atoms with Gasteiger partial charge in [-0.2, -0.15) is 0 Å². The first-order chi connectivity index (χ1) is 31.5. The Morgan fingerprint density at radius 2 is 0.892 bits per heavy atom. The fourth-order valence-electron chi connectivity index (χ4n) is 7.93. The minimum atomic E-state index is -4.60. The highest BCUT2D eigenvalue weighted by Crippen LogP contribution is 2.38. The molecule has 0 aromatic rings. The van der Waals surface area contributed by atoms with E-state index in [1.54, 1.807) is 6.08 Å². The van der Waals surface area contributed by atoms with Gasteiger partial charge in [-0.3, -0.25) is 9.36 Å². The van der Waals surface area contributed by atoms with Crippen molar-refractivity contribution >= 4 is 13.7 Å². The molecule has 8 nitrogen and oxygen atoms in total. The summed E-state index contributed by atoms with van der Waals surface area (Å²) < 4.78 is 23.3. The molecule has 2 N–H and O–H groups in total. The molecule has 0 aliphatic carbocycles. The second kappa shape index (κ2) is 47.5. The van der Waals surface area contributed by atoms with Crippen LogP contribution in [0.4, 0.5) is 0 Å². The molecule has 0 aromatic carbocycles. The predicted octanol–water partition coefficient (Wildman–Crippen LogP) is 15.7. The second-order valence-corrected chi connectivity index (χ2v) is 21.3. The second-order valence-electron chi connectivity index (χ2n) is 19.9. The van der Waals surface area contributed by atoms with Crippen molar-refractivity contribution in [2.24, 2.45) is 0 Å². The highest BCUT2D eigenvalue weighted by molar-refractivity contribution is 7.45. The van der Waals surface area contributed by atoms with Crippen molar-refractivity contribution in [3.63, 3.8) is 0 Å². The first-order valence-electron chi connectivity index (χ1n) is 27.5. The number of rotatable bonds is 50. The molecule has 0 aliphatic heterocycles. The molecule has 0 rings (SSSR count). The molecule has 0 fully saturated rings. The van der Waals surface area contributed by atoms with Gasteiger partial charge in [-0.05, 0) is 57.8 Å². The maximum Gasteiger partial charge on any atom is 0.268 e. The topological polar surface area (TPSA) is 108 Å². The van der Waals surface area contributed by atoms with Gasteiger partial charge in [0.05, 0.1) is 39.9 Å². The van der Waals surface area contributed by atoms with Gasteiger partial charge in [0.25, 0.3) is 7.82 Å². The minimum absolute atomic E-state index is 0.00478. The number of likely N-dealkylation sites (N-methyl/N-ethyl adjacent to an activating group) is 1. The number of allylic oxidation sites excluding steroid dienone is 7. The number of amides is 1. The van der Waals surface area contributed by atoms with Gasteiger partial charge in [0.2, 0.25) is 5.91 Å². The van der Waals surface area contributed by atoms with Crippen LogP contribution in [0.15, 0.2) is 48.6 Å². The molecular weight excluding hydrogens is 828 g/mol. The van der Waals surface area contributed by atoms with Crippen molar-refractivity contribution in [1.29, 1.82) is 0 Å². The third-order valence-electron chi connectivity index (χ3n) is 12.3. The van der Waals surface area contributed by atoms with E-state index < -0.39 is 20.0 Å². The quantitative estimate of drug-likeness (QED) is 0.0272. The van der Waals surface area contributed by atoms with E-state index in [1.807, 2.05) is 27.2 Å². The molecule has 3 unspecified atom stereocenters. The number of carbonyl (C=O) groups is 1. The van der Waals surface area contributed by atoms with E-state index >= 15 is 0 Å². The maximum atomic E-state index is 12.9. The normalized spacial score (nSPS) is 14.4. The summed E-state index contributed by atoms with van der Waals surface area (Å²) in [5.41, 5.74) is 0. The van der Waals surface area contributed by atoms with Crippen molar-refractivity contribution in [2.75, 3.05) is 40.9 Å². The first kappa shape index (κ1) is 63.5. The standard InChI is InChI=1S/C56H107N2O6P/c1-6-8-10-12-14-16-18-20-22-24-26-28-30-31-33-35-37-39-41-43-45-47-49-55(59)54(53-64-65(61,62)63-52-51-58(3,4)5)57-56(60)50-48-46-44-42-40-38-36-34-32-29-27-25-23-21-19-17-15-13-11-9-7-2/h19,21,25,27,32,34,47,49,54-55,59H,6-18,20,22-24,26,28-31,33,35-46,48,50-53H2,1-5H3,(H-,57,60,61,62)/b21-19-,27-25-,34-32-,49-47+. The molecule has 1 amide bonds. The van der Waals surface area contributed by atoms with Crippen LogP contribution in [0.2, 0.25) is 0 Å². The Labute approximate surface area is 403 Å². The van der Waals surface area contributed by atoms with Gasteiger partial charge >= 0.3 is 0 Å². The van der Waals surface area contributed by atoms with Gasteiger partial charge in [0, 0.05) is 6.42 Å². The van der Waals surface area contributed by atoms with Crippen LogP contribution in [0.25, 0.3) is 0 Å². The molecule has 0 saturated carbocycles. The van der Waals surface area contributed by atoms with E-state index in [0.717, 1.165) is 64.2 Å². The number of aliphatic hydroxyl groups excluding tert-OH is 1. The number of nitrogens with one attached hydrogen (secondary N) is 1. The number of hydrogen-bond donors (Lipinski definition) is 2. The lowest BCUT2D eigenvalue weighted by molar-refractivity contribution is -0.870. The zero-order valence-electron chi connectivity index (χ0n) is 43.4. The van der Waals surface area contributed by atoms with Gasteiger partial charge < -0.3 is 28.8 Å². The predicted molar refractivity (Wildman–Crippen MR) is 279 cm³/mol. The van der Waals surface area contributed by atoms with Crippen LogP contribution in [0.5, 0.6) is 0 Å². The SMILES string of the molecule is CCCCCCC/C=C\C/C=C\C/C=C\CCCCCCCCC(=O)NC(COP(=O)([O-])OCC[N+](C)(C)C)C(O)/C=C/CCCCCCCCCCCCCCCCCCCCCC. The van der Waals surface area contributed by atoms with Crippen LogP contribution in [0, 0.1) is 0 Å². The largest absolute Gasteiger partial charge is 0.756 e. The molecule has 0 aliphatic rings. The molecule has 9 heteroatoms. The molecule has 65 heavy (non-hydrogen) atoms. The smallest absolute Gasteiger partial charge is 0.268 e. The summed E-state index contributed by atoms with van der Waals surface area (Å²) in [4.78, 5) is 25.5. The van der Waals surface area contributed by atoms with Gasteiger partial charge in [0.15, 0.2) is 0 Å². The number of unbranched alkanes of at least 4 members (excludes halogenated alkanes) is 31. The molecule has 382 valence electrons. The summed E-state index contributed by atoms with van der Waals surface area (Å²) in [6.45, 7) is 4.65. The Morgan fingerprint density at radius 3 is 1.29 bits per heavy atom. The fourth-order valence-corrected chi connectivity index (χ4v) is 8.65. The van der Waals surface area contributed by atoms with Gasteiger partial charge in [0.1, 0.15) is 13.2 Å². The number of quaternary nitrogens is 1. The Hall–Kier alpha value is -1.54. The highest BCUT2D eigenvalue weighted by atomic mass is 31.2. The van der Waals surface area contributed by atoms with Crippen LogP contribution in [0.1, 0.15) is 251 Å². The fraction of sp³-hybridized carbons (Fsp3) is 0.839. The zero-order valence-corrected chi connectivity index (χ0v) is 44.3. The molecule has 0 bridgehead atoms. The van der Waals surface area contributed by atoms with E-state index in [2.05, 4.69) is 55.6 Å². The van der Waals surface area contributed by atoms with E-state index in [-0.39, 0.29) is 19.1 Å². The summed E-state index contributed by atoms with van der Waals surface area (Å²) in [6.07, 6.45) is 61.7. The number of aliphatic hydroxyl groups is 1. The van der Waals surface area contributed by atoms with Crippen LogP contribution in [-0.2, 0) is 18.4 Å². The number of nitrogens with zero attached hydrogens (tertiary/aromatic N) is 1. The van der Waals surface area contributed by atoms with E-state index in [0.29, 0.717) is 17.4 Å². The summed E-state index contributed by atoms with van der Waals surface area (Å²) in [5.74, 6) is -0.208. The molecule has 0 saturated heterocycles. The van der Waals surface area contributed by atoms with Gasteiger partial charge in [-0.25, -0.2) is 0 Å². The van der Waals surface area contributed by atoms with Crippen molar-refractivity contribution < 1.29 is 32.9 Å². The third-order valence-corrected chi connectivity index (χ3v) is 13.2. The summed E-state index contributed by atoms with van der Waals surface area (Å²) in [5, 5.41) is 13.9. The van der Waals surface area contributed by atoms with Crippen molar-refractivity contribution in [3.05, 3.63) is 48.6 Å². The minimum Gasteiger partial charge on any atom is -0.756 e. The van der Waals surface area contributed by atoms with E-state index in [1.165, 1.54) is 167 Å². The van der Waals surface area contributed by atoms with Crippen molar-refractivity contribution in [1.82, 2.24) is 5.32 Å². The molecule has 0 aromatic heterocycles. The van der Waals surface area contributed by atoms with Crippen LogP contribution in [0.3, 0.4) is 0 Å². The Balaban J connectivity index is 4.30. The average molecular weight is 935 g/mol. The first-order valence-corrected chi connectivity index (χ1v) is 29.0. The van der Waals surface area contributed by atoms with Crippen LogP contribution >= 0.6 is 7.82 Å². The third kappa shape index (κ3) is 50.2. The molecular formula is C56H107N2O6P. The summed E-state index contributed by atoms with van der Waals surface area (Å²) in [6, 6.07) is -0.895. The molecule has 3 atom stereocenters. The van der Waals surface area contributed by atoms with Gasteiger partial charge in [-0.15, -0.1) is 0 Å².